The Hall–Kier alpha value is -0.650. The Morgan fingerprint density at radius 2 is 1.65 bits per heavy atom. The van der Waals surface area contributed by atoms with Gasteiger partial charge in [-0.25, -0.2) is 0 Å². The van der Waals surface area contributed by atoms with Gasteiger partial charge in [-0.3, -0.25) is 14.6 Å². The lowest BCUT2D eigenvalue weighted by atomic mass is 10.2. The second kappa shape index (κ2) is 7.95. The Morgan fingerprint density at radius 3 is 2.35 bits per heavy atom. The van der Waals surface area contributed by atoms with Gasteiger partial charge in [-0.05, 0) is 46.2 Å². The molecule has 3 aliphatic rings. The minimum Gasteiger partial charge on any atom is -0.372 e. The Kier molecular flexibility index (Phi) is 5.94. The van der Waals surface area contributed by atoms with Crippen molar-refractivity contribution in [1.29, 1.82) is 0 Å². The molecule has 0 unspecified atom stereocenters. The monoisotopic (exact) mass is 323 g/mol. The summed E-state index contributed by atoms with van der Waals surface area (Å²) in [7, 11) is 0. The Labute approximate surface area is 140 Å². The van der Waals surface area contributed by atoms with E-state index in [4.69, 9.17) is 4.74 Å². The summed E-state index contributed by atoms with van der Waals surface area (Å²) in [4.78, 5) is 19.7. The van der Waals surface area contributed by atoms with Gasteiger partial charge in [0.1, 0.15) is 0 Å². The molecule has 5 nitrogen and oxygen atoms in total. The summed E-state index contributed by atoms with van der Waals surface area (Å²) >= 11 is 0. The highest BCUT2D eigenvalue weighted by Gasteiger charge is 2.28. The molecule has 2 heterocycles. The smallest absolute Gasteiger partial charge is 0.236 e. The van der Waals surface area contributed by atoms with Crippen molar-refractivity contribution in [2.24, 2.45) is 0 Å². The largest absolute Gasteiger partial charge is 0.372 e. The van der Waals surface area contributed by atoms with E-state index in [0.29, 0.717) is 6.54 Å². The third-order valence-electron chi connectivity index (χ3n) is 5.60. The zero-order chi connectivity index (χ0) is 16.2. The minimum absolute atomic E-state index is 0.157. The molecule has 3 fully saturated rings. The van der Waals surface area contributed by atoms with Crippen LogP contribution in [0.4, 0.5) is 0 Å². The van der Waals surface area contributed by atoms with Gasteiger partial charge in [0.15, 0.2) is 0 Å². The molecule has 2 saturated heterocycles. The molecule has 2 aliphatic heterocycles. The third kappa shape index (κ3) is 4.68. The van der Waals surface area contributed by atoms with Crippen LogP contribution < -0.4 is 0 Å². The highest BCUT2D eigenvalue weighted by molar-refractivity contribution is 5.78. The molecule has 0 N–H and O–H groups in total. The van der Waals surface area contributed by atoms with Gasteiger partial charge < -0.3 is 9.64 Å². The van der Waals surface area contributed by atoms with Gasteiger partial charge >= 0.3 is 0 Å². The average molecular weight is 323 g/mol. The highest BCUT2D eigenvalue weighted by atomic mass is 16.5. The predicted octanol–water partition coefficient (Wildman–Crippen LogP) is 1.57. The zero-order valence-corrected chi connectivity index (χ0v) is 14.9. The molecule has 5 heteroatoms. The van der Waals surface area contributed by atoms with Gasteiger partial charge in [0, 0.05) is 32.2 Å². The number of amides is 1. The molecule has 23 heavy (non-hydrogen) atoms. The molecular weight excluding hydrogens is 290 g/mol. The normalized spacial score (nSPS) is 32.2. The van der Waals surface area contributed by atoms with E-state index in [9.17, 15) is 4.79 Å². The summed E-state index contributed by atoms with van der Waals surface area (Å²) in [6.45, 7) is 10.6. The Morgan fingerprint density at radius 1 is 0.957 bits per heavy atom. The van der Waals surface area contributed by atoms with Crippen LogP contribution in [0.25, 0.3) is 0 Å². The number of hydrogen-bond donors (Lipinski definition) is 0. The number of rotatable bonds is 3. The first kappa shape index (κ1) is 17.2. The van der Waals surface area contributed by atoms with Gasteiger partial charge in [0.05, 0.1) is 18.8 Å². The van der Waals surface area contributed by atoms with Crippen LogP contribution in [0, 0.1) is 0 Å². The summed E-state index contributed by atoms with van der Waals surface area (Å²) < 4.78 is 5.73. The first-order valence-corrected chi connectivity index (χ1v) is 9.51. The fourth-order valence-corrected chi connectivity index (χ4v) is 4.46. The van der Waals surface area contributed by atoms with E-state index < -0.39 is 0 Å². The maximum absolute atomic E-state index is 12.6. The minimum atomic E-state index is 0.157. The van der Waals surface area contributed by atoms with Crippen LogP contribution in [-0.4, -0.2) is 84.7 Å². The van der Waals surface area contributed by atoms with Crippen LogP contribution in [0.1, 0.15) is 46.0 Å². The van der Waals surface area contributed by atoms with Gasteiger partial charge in [0.2, 0.25) is 5.91 Å². The topological polar surface area (TPSA) is 36.0 Å². The summed E-state index contributed by atoms with van der Waals surface area (Å²) in [6.07, 6.45) is 7.06. The van der Waals surface area contributed by atoms with Crippen molar-refractivity contribution in [1.82, 2.24) is 14.7 Å². The van der Waals surface area contributed by atoms with Gasteiger partial charge in [-0.1, -0.05) is 12.8 Å². The number of carbonyl (C=O) groups is 1. The molecule has 2 atom stereocenters. The number of ether oxygens (including phenoxy) is 1. The quantitative estimate of drug-likeness (QED) is 0.790. The fourth-order valence-electron chi connectivity index (χ4n) is 4.46. The molecule has 0 aromatic rings. The number of hydrogen-bond acceptors (Lipinski definition) is 4. The lowest BCUT2D eigenvalue weighted by molar-refractivity contribution is -0.144. The van der Waals surface area contributed by atoms with E-state index in [0.717, 1.165) is 38.8 Å². The molecule has 0 aromatic carbocycles. The molecule has 3 rings (SSSR count). The second-order valence-electron chi connectivity index (χ2n) is 7.66. The van der Waals surface area contributed by atoms with Crippen LogP contribution in [-0.2, 0) is 9.53 Å². The van der Waals surface area contributed by atoms with Crippen molar-refractivity contribution < 1.29 is 9.53 Å². The zero-order valence-electron chi connectivity index (χ0n) is 14.9. The van der Waals surface area contributed by atoms with E-state index in [1.54, 1.807) is 0 Å². The van der Waals surface area contributed by atoms with Crippen molar-refractivity contribution in [2.75, 3.05) is 45.8 Å². The van der Waals surface area contributed by atoms with Crippen molar-refractivity contribution >= 4 is 5.91 Å². The Bertz CT molecular complexity index is 388. The molecule has 0 spiro atoms. The van der Waals surface area contributed by atoms with Crippen LogP contribution in [0.3, 0.4) is 0 Å². The number of carbonyl (C=O) groups excluding carboxylic acids is 1. The van der Waals surface area contributed by atoms with E-state index in [2.05, 4.69) is 23.6 Å². The Balaban J connectivity index is 1.47. The summed E-state index contributed by atoms with van der Waals surface area (Å²) in [5, 5.41) is 0. The van der Waals surface area contributed by atoms with Crippen LogP contribution in [0.5, 0.6) is 0 Å². The molecule has 0 aromatic heterocycles. The van der Waals surface area contributed by atoms with Crippen LogP contribution >= 0.6 is 0 Å². The lowest BCUT2D eigenvalue weighted by Gasteiger charge is -2.36. The van der Waals surface area contributed by atoms with Gasteiger partial charge in [-0.15, -0.1) is 0 Å². The van der Waals surface area contributed by atoms with Gasteiger partial charge in [0.25, 0.3) is 0 Å². The standard InChI is InChI=1S/C18H33N3O2/c1-15-12-21(13-16(2)23-15)18(22)14-19-8-5-9-20(11-10-19)17-6-3-4-7-17/h15-17H,3-14H2,1-2H3/t15-,16+. The highest BCUT2D eigenvalue weighted by Crippen LogP contribution is 2.24. The molecule has 1 saturated carbocycles. The molecular formula is C18H33N3O2. The van der Waals surface area contributed by atoms with Crippen LogP contribution in [0.15, 0.2) is 0 Å². The van der Waals surface area contributed by atoms with Crippen molar-refractivity contribution in [2.45, 2.75) is 64.2 Å². The average Bonchev–Trinajstić information content (AvgIpc) is 2.94. The third-order valence-corrected chi connectivity index (χ3v) is 5.60. The first-order chi connectivity index (χ1) is 11.1. The van der Waals surface area contributed by atoms with Crippen LogP contribution in [0.2, 0.25) is 0 Å². The van der Waals surface area contributed by atoms with Crippen molar-refractivity contribution in [3.8, 4) is 0 Å². The maximum Gasteiger partial charge on any atom is 0.236 e. The molecule has 1 aliphatic carbocycles. The van der Waals surface area contributed by atoms with Crippen molar-refractivity contribution in [3.05, 3.63) is 0 Å². The summed E-state index contributed by atoms with van der Waals surface area (Å²) in [5.74, 6) is 0.279. The maximum atomic E-state index is 12.6. The fraction of sp³-hybridized carbons (Fsp3) is 0.944. The number of nitrogens with zero attached hydrogens (tertiary/aromatic N) is 3. The molecule has 0 bridgehead atoms. The van der Waals surface area contributed by atoms with E-state index >= 15 is 0 Å². The predicted molar refractivity (Wildman–Crippen MR) is 91.5 cm³/mol. The molecule has 132 valence electrons. The number of morpholine rings is 1. The molecule has 1 amide bonds. The lowest BCUT2D eigenvalue weighted by Crippen LogP contribution is -2.51. The first-order valence-electron chi connectivity index (χ1n) is 9.51. The van der Waals surface area contributed by atoms with E-state index in [1.165, 1.54) is 38.6 Å². The second-order valence-corrected chi connectivity index (χ2v) is 7.66. The summed E-state index contributed by atoms with van der Waals surface area (Å²) in [6, 6.07) is 0.812. The summed E-state index contributed by atoms with van der Waals surface area (Å²) in [5.41, 5.74) is 0. The molecule has 0 radical (unpaired) electrons. The van der Waals surface area contributed by atoms with E-state index in [1.807, 2.05) is 4.90 Å². The SMILES string of the molecule is C[C@@H]1CN(C(=O)CN2CCCN(C3CCCC3)CC2)C[C@H](C)O1. The van der Waals surface area contributed by atoms with Crippen molar-refractivity contribution in [3.63, 3.8) is 0 Å². The van der Waals surface area contributed by atoms with E-state index in [-0.39, 0.29) is 18.1 Å². The van der Waals surface area contributed by atoms with Gasteiger partial charge in [-0.2, -0.15) is 0 Å².